The second-order valence-electron chi connectivity index (χ2n) is 4.94. The zero-order valence-electron chi connectivity index (χ0n) is 12.2. The molecular formula is C16H19N3O2. The molecule has 0 atom stereocenters. The number of nitrogens with one attached hydrogen (secondary N) is 1. The highest BCUT2D eigenvalue weighted by molar-refractivity contribution is 5.92. The highest BCUT2D eigenvalue weighted by Crippen LogP contribution is 2.22. The second kappa shape index (κ2) is 6.74. The molecule has 110 valence electrons. The lowest BCUT2D eigenvalue weighted by Gasteiger charge is -2.14. The number of anilines is 1. The number of amides is 1. The summed E-state index contributed by atoms with van der Waals surface area (Å²) in [5.74, 6) is 0.163. The molecule has 1 amide bonds. The fourth-order valence-electron chi connectivity index (χ4n) is 1.83. The van der Waals surface area contributed by atoms with Crippen LogP contribution in [0, 0.1) is 0 Å². The average Bonchev–Trinajstić information content (AvgIpc) is 2.46. The summed E-state index contributed by atoms with van der Waals surface area (Å²) in [6.07, 6.45) is 1.76. The molecule has 2 aromatic rings. The van der Waals surface area contributed by atoms with E-state index in [1.807, 2.05) is 38.1 Å². The fourth-order valence-corrected chi connectivity index (χ4v) is 1.83. The summed E-state index contributed by atoms with van der Waals surface area (Å²) < 4.78 is 5.65. The Morgan fingerprint density at radius 2 is 2.00 bits per heavy atom. The van der Waals surface area contributed by atoms with Crippen LogP contribution in [-0.4, -0.2) is 17.0 Å². The van der Waals surface area contributed by atoms with E-state index in [4.69, 9.17) is 10.5 Å². The maximum Gasteiger partial charge on any atom is 0.248 e. The van der Waals surface area contributed by atoms with Gasteiger partial charge in [-0.3, -0.25) is 4.79 Å². The van der Waals surface area contributed by atoms with Crippen LogP contribution in [0.15, 0.2) is 42.6 Å². The van der Waals surface area contributed by atoms with Gasteiger partial charge < -0.3 is 15.8 Å². The molecule has 1 heterocycles. The molecule has 3 N–H and O–H groups in total. The Bertz CT molecular complexity index is 609. The Labute approximate surface area is 124 Å². The molecule has 0 aliphatic rings. The first kappa shape index (κ1) is 14.8. The Balaban J connectivity index is 2.04. The van der Waals surface area contributed by atoms with Crippen LogP contribution in [0.3, 0.4) is 0 Å². The van der Waals surface area contributed by atoms with Crippen LogP contribution in [0.25, 0.3) is 0 Å². The predicted molar refractivity (Wildman–Crippen MR) is 82.3 cm³/mol. The molecule has 0 saturated heterocycles. The van der Waals surface area contributed by atoms with Crippen LogP contribution in [-0.2, 0) is 6.54 Å². The van der Waals surface area contributed by atoms with Crippen LogP contribution in [0.1, 0.15) is 29.8 Å². The number of nitrogens with zero attached hydrogens (tertiary/aromatic N) is 1. The molecule has 0 radical (unpaired) electrons. The third-order valence-corrected chi connectivity index (χ3v) is 2.84. The minimum absolute atomic E-state index is 0.0651. The van der Waals surface area contributed by atoms with Crippen LogP contribution in [0.5, 0.6) is 5.88 Å². The molecule has 0 unspecified atom stereocenters. The van der Waals surface area contributed by atoms with Crippen LogP contribution < -0.4 is 15.8 Å². The van der Waals surface area contributed by atoms with Crippen molar-refractivity contribution in [2.45, 2.75) is 26.5 Å². The SMILES string of the molecule is CC(C)Oc1ncccc1NCc1ccc(C(N)=O)cc1. The third-order valence-electron chi connectivity index (χ3n) is 2.84. The van der Waals surface area contributed by atoms with E-state index < -0.39 is 5.91 Å². The third kappa shape index (κ3) is 4.21. The molecule has 0 spiro atoms. The molecule has 2 rings (SSSR count). The van der Waals surface area contributed by atoms with E-state index in [-0.39, 0.29) is 6.10 Å². The van der Waals surface area contributed by atoms with Crippen molar-refractivity contribution in [3.8, 4) is 5.88 Å². The molecule has 21 heavy (non-hydrogen) atoms. The van der Waals surface area contributed by atoms with Crippen molar-refractivity contribution >= 4 is 11.6 Å². The molecule has 5 heteroatoms. The van der Waals surface area contributed by atoms with Gasteiger partial charge in [0.1, 0.15) is 0 Å². The number of rotatable bonds is 6. The van der Waals surface area contributed by atoms with Gasteiger partial charge in [0.25, 0.3) is 0 Å². The predicted octanol–water partition coefficient (Wildman–Crippen LogP) is 2.58. The molecule has 1 aromatic heterocycles. The van der Waals surface area contributed by atoms with Crippen molar-refractivity contribution < 1.29 is 9.53 Å². The van der Waals surface area contributed by atoms with Crippen molar-refractivity contribution in [2.24, 2.45) is 5.73 Å². The number of nitrogens with two attached hydrogens (primary N) is 1. The van der Waals surface area contributed by atoms with E-state index in [2.05, 4.69) is 10.3 Å². The number of hydrogen-bond acceptors (Lipinski definition) is 4. The standard InChI is InChI=1S/C16H19N3O2/c1-11(2)21-16-14(4-3-9-18-16)19-10-12-5-7-13(8-6-12)15(17)20/h3-9,11,19H,10H2,1-2H3,(H2,17,20). The number of aromatic nitrogens is 1. The Morgan fingerprint density at radius 1 is 1.29 bits per heavy atom. The van der Waals surface area contributed by atoms with Gasteiger partial charge in [0, 0.05) is 18.3 Å². The van der Waals surface area contributed by atoms with E-state index in [0.29, 0.717) is 18.0 Å². The summed E-state index contributed by atoms with van der Waals surface area (Å²) in [6.45, 7) is 4.53. The van der Waals surface area contributed by atoms with Crippen LogP contribution in [0.4, 0.5) is 5.69 Å². The monoisotopic (exact) mass is 285 g/mol. The number of pyridine rings is 1. The van der Waals surface area contributed by atoms with Crippen molar-refractivity contribution in [1.29, 1.82) is 0 Å². The Hall–Kier alpha value is -2.56. The molecule has 0 saturated carbocycles. The maximum absolute atomic E-state index is 11.0. The molecule has 0 aliphatic heterocycles. The fraction of sp³-hybridized carbons (Fsp3) is 0.250. The van der Waals surface area contributed by atoms with Crippen LogP contribution in [0.2, 0.25) is 0 Å². The van der Waals surface area contributed by atoms with Gasteiger partial charge in [-0.1, -0.05) is 12.1 Å². The summed E-state index contributed by atoms with van der Waals surface area (Å²) >= 11 is 0. The Kier molecular flexibility index (Phi) is 4.77. The smallest absolute Gasteiger partial charge is 0.248 e. The van der Waals surface area contributed by atoms with Gasteiger partial charge in [0.05, 0.1) is 11.8 Å². The first-order valence-electron chi connectivity index (χ1n) is 6.80. The molecule has 0 fully saturated rings. The summed E-state index contributed by atoms with van der Waals surface area (Å²) in [7, 11) is 0. The van der Waals surface area contributed by atoms with Gasteiger partial charge in [-0.05, 0) is 43.7 Å². The lowest BCUT2D eigenvalue weighted by atomic mass is 10.1. The highest BCUT2D eigenvalue weighted by atomic mass is 16.5. The number of carbonyl (C=O) groups is 1. The second-order valence-corrected chi connectivity index (χ2v) is 4.94. The molecule has 0 bridgehead atoms. The first-order chi connectivity index (χ1) is 10.1. The zero-order valence-corrected chi connectivity index (χ0v) is 12.2. The molecule has 5 nitrogen and oxygen atoms in total. The van der Waals surface area contributed by atoms with Gasteiger partial charge in [0.2, 0.25) is 11.8 Å². The topological polar surface area (TPSA) is 77.2 Å². The van der Waals surface area contributed by atoms with Crippen molar-refractivity contribution in [2.75, 3.05) is 5.32 Å². The molecular weight excluding hydrogens is 266 g/mol. The number of hydrogen-bond donors (Lipinski definition) is 2. The number of carbonyl (C=O) groups excluding carboxylic acids is 1. The average molecular weight is 285 g/mol. The van der Waals surface area contributed by atoms with Gasteiger partial charge in [-0.25, -0.2) is 4.98 Å². The molecule has 1 aromatic carbocycles. The number of primary amides is 1. The van der Waals surface area contributed by atoms with Gasteiger partial charge in [-0.2, -0.15) is 0 Å². The van der Waals surface area contributed by atoms with Gasteiger partial charge >= 0.3 is 0 Å². The summed E-state index contributed by atoms with van der Waals surface area (Å²) in [5.41, 5.74) is 7.60. The number of ether oxygens (including phenoxy) is 1. The van der Waals surface area contributed by atoms with E-state index in [0.717, 1.165) is 11.3 Å². The van der Waals surface area contributed by atoms with Gasteiger partial charge in [-0.15, -0.1) is 0 Å². The maximum atomic E-state index is 11.0. The van der Waals surface area contributed by atoms with Crippen molar-refractivity contribution in [3.05, 3.63) is 53.7 Å². The molecule has 0 aliphatic carbocycles. The highest BCUT2D eigenvalue weighted by Gasteiger charge is 2.06. The number of benzene rings is 1. The zero-order chi connectivity index (χ0) is 15.2. The van der Waals surface area contributed by atoms with Crippen molar-refractivity contribution in [1.82, 2.24) is 4.98 Å². The van der Waals surface area contributed by atoms with E-state index in [9.17, 15) is 4.79 Å². The van der Waals surface area contributed by atoms with E-state index >= 15 is 0 Å². The summed E-state index contributed by atoms with van der Waals surface area (Å²) in [6, 6.07) is 10.9. The summed E-state index contributed by atoms with van der Waals surface area (Å²) in [5, 5.41) is 3.28. The quantitative estimate of drug-likeness (QED) is 0.855. The van der Waals surface area contributed by atoms with Crippen LogP contribution >= 0.6 is 0 Å². The minimum Gasteiger partial charge on any atom is -0.473 e. The van der Waals surface area contributed by atoms with Crippen molar-refractivity contribution in [3.63, 3.8) is 0 Å². The normalized spacial score (nSPS) is 10.4. The lowest BCUT2D eigenvalue weighted by Crippen LogP contribution is -2.11. The van der Waals surface area contributed by atoms with E-state index in [1.54, 1.807) is 18.3 Å². The van der Waals surface area contributed by atoms with E-state index in [1.165, 1.54) is 0 Å². The van der Waals surface area contributed by atoms with Gasteiger partial charge in [0.15, 0.2) is 0 Å². The Morgan fingerprint density at radius 3 is 2.62 bits per heavy atom. The first-order valence-corrected chi connectivity index (χ1v) is 6.80. The lowest BCUT2D eigenvalue weighted by molar-refractivity contribution is 0.100. The largest absolute Gasteiger partial charge is 0.473 e. The summed E-state index contributed by atoms with van der Waals surface area (Å²) in [4.78, 5) is 15.2. The minimum atomic E-state index is -0.422.